The van der Waals surface area contributed by atoms with Crippen LogP contribution in [-0.4, -0.2) is 14.9 Å². The van der Waals surface area contributed by atoms with Gasteiger partial charge in [-0.05, 0) is 54.1 Å². The summed E-state index contributed by atoms with van der Waals surface area (Å²) in [6.45, 7) is 4.63. The van der Waals surface area contributed by atoms with Crippen molar-refractivity contribution in [3.05, 3.63) is 51.4 Å². The molecule has 0 radical (unpaired) electrons. The van der Waals surface area contributed by atoms with E-state index < -0.39 is 5.60 Å². The van der Waals surface area contributed by atoms with Crippen LogP contribution in [0.15, 0.2) is 36.7 Å². The maximum Gasteiger partial charge on any atom is 0.115 e. The highest BCUT2D eigenvalue weighted by molar-refractivity contribution is 14.1. The first-order valence-electron chi connectivity index (χ1n) is 5.55. The highest BCUT2D eigenvalue weighted by Gasteiger charge is 2.26. The highest BCUT2D eigenvalue weighted by atomic mass is 127. The second kappa shape index (κ2) is 4.78. The van der Waals surface area contributed by atoms with E-state index in [1.165, 1.54) is 0 Å². The smallest absolute Gasteiger partial charge is 0.115 e. The number of nitrogens with zero attached hydrogens (tertiary/aromatic N) is 2. The normalized spacial score (nSPS) is 14.6. The van der Waals surface area contributed by atoms with Gasteiger partial charge in [0, 0.05) is 21.9 Å². The molecule has 0 aliphatic heterocycles. The summed E-state index contributed by atoms with van der Waals surface area (Å²) in [5.41, 5.74) is 0.715. The molecule has 0 aliphatic rings. The van der Waals surface area contributed by atoms with Gasteiger partial charge in [0.25, 0.3) is 0 Å². The van der Waals surface area contributed by atoms with E-state index in [4.69, 9.17) is 0 Å². The van der Waals surface area contributed by atoms with Crippen molar-refractivity contribution in [2.45, 2.75) is 26.0 Å². The molecule has 1 unspecified atom stereocenters. The maximum absolute atomic E-state index is 10.6. The average Bonchev–Trinajstić information content (AvgIpc) is 2.78. The number of hydrogen-bond acceptors (Lipinski definition) is 2. The van der Waals surface area contributed by atoms with Gasteiger partial charge < -0.3 is 5.11 Å². The van der Waals surface area contributed by atoms with Crippen LogP contribution >= 0.6 is 22.6 Å². The van der Waals surface area contributed by atoms with Crippen molar-refractivity contribution >= 4 is 22.6 Å². The van der Waals surface area contributed by atoms with E-state index in [2.05, 4.69) is 27.7 Å². The monoisotopic (exact) mass is 342 g/mol. The van der Waals surface area contributed by atoms with Gasteiger partial charge in [-0.15, -0.1) is 0 Å². The summed E-state index contributed by atoms with van der Waals surface area (Å²) in [5, 5.41) is 14.8. The second-order valence-corrected chi connectivity index (χ2v) is 5.41. The van der Waals surface area contributed by atoms with Gasteiger partial charge >= 0.3 is 0 Å². The molecule has 0 fully saturated rings. The number of halogens is 1. The topological polar surface area (TPSA) is 38.0 Å². The Bertz CT molecular complexity index is 502. The first-order valence-corrected chi connectivity index (χ1v) is 6.63. The van der Waals surface area contributed by atoms with Crippen molar-refractivity contribution in [1.29, 1.82) is 0 Å². The zero-order valence-electron chi connectivity index (χ0n) is 9.89. The van der Waals surface area contributed by atoms with Gasteiger partial charge in [-0.1, -0.05) is 12.1 Å². The molecule has 0 saturated carbocycles. The minimum absolute atomic E-state index is 0.808. The summed E-state index contributed by atoms with van der Waals surface area (Å²) < 4.78 is 2.97. The average molecular weight is 342 g/mol. The van der Waals surface area contributed by atoms with Crippen LogP contribution in [0.25, 0.3) is 0 Å². The van der Waals surface area contributed by atoms with Crippen LogP contribution in [-0.2, 0) is 12.1 Å². The molecule has 0 bridgehead atoms. The molecule has 1 aromatic carbocycles. The quantitative estimate of drug-likeness (QED) is 0.871. The molecule has 3 nitrogen and oxygen atoms in total. The molecular weight excluding hydrogens is 327 g/mol. The molecule has 2 aromatic rings. The van der Waals surface area contributed by atoms with Gasteiger partial charge in [-0.3, -0.25) is 4.68 Å². The predicted octanol–water partition coefficient (Wildman–Crippen LogP) is 2.76. The minimum Gasteiger partial charge on any atom is -0.381 e. The predicted molar refractivity (Wildman–Crippen MR) is 75.7 cm³/mol. The lowest BCUT2D eigenvalue weighted by atomic mass is 9.90. The van der Waals surface area contributed by atoms with Crippen LogP contribution in [0.5, 0.6) is 0 Å². The Labute approximate surface area is 115 Å². The minimum atomic E-state index is -0.988. The summed E-state index contributed by atoms with van der Waals surface area (Å²) in [6.07, 6.45) is 3.61. The third-order valence-electron chi connectivity index (χ3n) is 2.93. The Morgan fingerprint density at radius 3 is 2.47 bits per heavy atom. The molecule has 1 atom stereocenters. The highest BCUT2D eigenvalue weighted by Crippen LogP contribution is 2.28. The van der Waals surface area contributed by atoms with Gasteiger partial charge in [-0.2, -0.15) is 5.10 Å². The van der Waals surface area contributed by atoms with Gasteiger partial charge in [-0.25, -0.2) is 0 Å². The lowest BCUT2D eigenvalue weighted by Gasteiger charge is -2.22. The molecule has 4 heteroatoms. The van der Waals surface area contributed by atoms with E-state index in [9.17, 15) is 5.11 Å². The van der Waals surface area contributed by atoms with E-state index in [1.54, 1.807) is 13.1 Å². The van der Waals surface area contributed by atoms with Crippen molar-refractivity contribution in [2.24, 2.45) is 0 Å². The van der Waals surface area contributed by atoms with Crippen LogP contribution in [0, 0.1) is 3.57 Å². The van der Waals surface area contributed by atoms with Crippen LogP contribution in [0.1, 0.15) is 25.0 Å². The van der Waals surface area contributed by atoms with Crippen molar-refractivity contribution in [2.75, 3.05) is 0 Å². The Balaban J connectivity index is 2.37. The molecule has 1 N–H and O–H groups in total. The first kappa shape index (κ1) is 12.6. The number of hydrogen-bond donors (Lipinski definition) is 1. The van der Waals surface area contributed by atoms with Crippen molar-refractivity contribution in [3.63, 3.8) is 0 Å². The van der Waals surface area contributed by atoms with Crippen LogP contribution in [0.2, 0.25) is 0 Å². The van der Waals surface area contributed by atoms with Crippen LogP contribution in [0.4, 0.5) is 0 Å². The number of rotatable bonds is 3. The number of benzene rings is 1. The summed E-state index contributed by atoms with van der Waals surface area (Å²) in [6, 6.07) is 7.89. The summed E-state index contributed by atoms with van der Waals surface area (Å²) in [7, 11) is 0. The van der Waals surface area contributed by atoms with E-state index in [-0.39, 0.29) is 0 Å². The molecule has 0 spiro atoms. The van der Waals surface area contributed by atoms with Crippen LogP contribution < -0.4 is 0 Å². The van der Waals surface area contributed by atoms with E-state index >= 15 is 0 Å². The third kappa shape index (κ3) is 2.52. The van der Waals surface area contributed by atoms with E-state index in [0.29, 0.717) is 0 Å². The fraction of sp³-hybridized carbons (Fsp3) is 0.308. The molecular formula is C13H15IN2O. The second-order valence-electron chi connectivity index (χ2n) is 4.16. The first-order chi connectivity index (χ1) is 8.04. The summed E-state index contributed by atoms with van der Waals surface area (Å²) in [4.78, 5) is 0. The maximum atomic E-state index is 10.6. The summed E-state index contributed by atoms with van der Waals surface area (Å²) >= 11 is 2.25. The van der Waals surface area contributed by atoms with E-state index in [1.807, 2.05) is 42.1 Å². The zero-order valence-corrected chi connectivity index (χ0v) is 12.0. The Hall–Kier alpha value is -0.880. The largest absolute Gasteiger partial charge is 0.381 e. The van der Waals surface area contributed by atoms with Gasteiger partial charge in [0.2, 0.25) is 0 Å². The number of aromatic nitrogens is 2. The molecule has 90 valence electrons. The zero-order chi connectivity index (χ0) is 12.5. The molecule has 2 rings (SSSR count). The van der Waals surface area contributed by atoms with Gasteiger partial charge in [0.05, 0.1) is 6.20 Å². The van der Waals surface area contributed by atoms with Crippen molar-refractivity contribution < 1.29 is 5.11 Å². The SMILES string of the molecule is CCn1cc(C(C)(O)c2ccc(I)cc2)cn1. The Morgan fingerprint density at radius 2 is 1.94 bits per heavy atom. The number of aliphatic hydroxyl groups is 1. The van der Waals surface area contributed by atoms with Crippen molar-refractivity contribution in [1.82, 2.24) is 9.78 Å². The van der Waals surface area contributed by atoms with Gasteiger partial charge in [0.1, 0.15) is 5.60 Å². The Morgan fingerprint density at radius 1 is 1.29 bits per heavy atom. The van der Waals surface area contributed by atoms with Crippen molar-refractivity contribution in [3.8, 4) is 0 Å². The lowest BCUT2D eigenvalue weighted by molar-refractivity contribution is 0.102. The van der Waals surface area contributed by atoms with Crippen LogP contribution in [0.3, 0.4) is 0 Å². The fourth-order valence-corrected chi connectivity index (χ4v) is 2.09. The standard InChI is InChI=1S/C13H15IN2O/c1-3-16-9-11(8-15-16)13(2,17)10-4-6-12(14)7-5-10/h4-9,17H,3H2,1-2H3. The molecule has 0 saturated heterocycles. The lowest BCUT2D eigenvalue weighted by Crippen LogP contribution is -2.22. The third-order valence-corrected chi connectivity index (χ3v) is 3.64. The molecule has 0 amide bonds. The molecule has 1 heterocycles. The fourth-order valence-electron chi connectivity index (χ4n) is 1.73. The summed E-state index contributed by atoms with van der Waals surface area (Å²) in [5.74, 6) is 0. The molecule has 1 aromatic heterocycles. The number of aryl methyl sites for hydroxylation is 1. The molecule has 0 aliphatic carbocycles. The Kier molecular flexibility index (Phi) is 3.53. The van der Waals surface area contributed by atoms with Gasteiger partial charge in [0.15, 0.2) is 0 Å². The molecule has 17 heavy (non-hydrogen) atoms. The van der Waals surface area contributed by atoms with E-state index in [0.717, 1.165) is 21.2 Å².